The summed E-state index contributed by atoms with van der Waals surface area (Å²) in [6.45, 7) is 8.74. The van der Waals surface area contributed by atoms with Gasteiger partial charge in [0.05, 0.1) is 7.11 Å². The number of thioether (sulfide) groups is 1. The van der Waals surface area contributed by atoms with Crippen molar-refractivity contribution < 1.29 is 28.7 Å². The number of aryl methyl sites for hydroxylation is 1. The van der Waals surface area contributed by atoms with Crippen LogP contribution in [0.25, 0.3) is 0 Å². The first-order valence-electron chi connectivity index (χ1n) is 11.1. The van der Waals surface area contributed by atoms with Crippen molar-refractivity contribution in [2.75, 3.05) is 32.2 Å². The molecule has 10 heteroatoms. The van der Waals surface area contributed by atoms with Gasteiger partial charge in [0.2, 0.25) is 11.8 Å². The highest BCUT2D eigenvalue weighted by Gasteiger charge is 2.35. The lowest BCUT2D eigenvalue weighted by molar-refractivity contribution is -0.144. The van der Waals surface area contributed by atoms with Crippen LogP contribution in [0.4, 0.5) is 4.79 Å². The largest absolute Gasteiger partial charge is 0.468 e. The van der Waals surface area contributed by atoms with Gasteiger partial charge in [-0.2, -0.15) is 11.8 Å². The van der Waals surface area contributed by atoms with Crippen LogP contribution in [0.3, 0.4) is 0 Å². The Kier molecular flexibility index (Phi) is 11.9. The molecule has 1 rings (SSSR count). The van der Waals surface area contributed by atoms with E-state index in [0.29, 0.717) is 17.7 Å². The van der Waals surface area contributed by atoms with E-state index in [-0.39, 0.29) is 13.1 Å². The fourth-order valence-corrected chi connectivity index (χ4v) is 3.72. The van der Waals surface area contributed by atoms with E-state index in [1.54, 1.807) is 51.6 Å². The van der Waals surface area contributed by atoms with Gasteiger partial charge in [-0.15, -0.1) is 0 Å². The molecule has 0 aliphatic carbocycles. The minimum atomic E-state index is -1.00. The zero-order valence-corrected chi connectivity index (χ0v) is 21.9. The summed E-state index contributed by atoms with van der Waals surface area (Å²) in [7, 11) is 1.23. The Morgan fingerprint density at radius 1 is 1.18 bits per heavy atom. The zero-order valence-electron chi connectivity index (χ0n) is 21.1. The van der Waals surface area contributed by atoms with E-state index < -0.39 is 41.6 Å². The molecule has 0 aliphatic heterocycles. The number of nitrogens with zero attached hydrogens (tertiary/aromatic N) is 1. The Hall–Kier alpha value is -2.75. The second-order valence-electron chi connectivity index (χ2n) is 8.72. The number of rotatable bonds is 11. The molecule has 0 saturated carbocycles. The summed E-state index contributed by atoms with van der Waals surface area (Å²) in [5, 5.41) is 5.22. The third-order valence-corrected chi connectivity index (χ3v) is 5.42. The molecular formula is C24H37N3O6S. The van der Waals surface area contributed by atoms with Crippen LogP contribution in [0.15, 0.2) is 24.3 Å². The summed E-state index contributed by atoms with van der Waals surface area (Å²) in [6.07, 6.45) is 1.56. The fraction of sp³-hybridized carbons (Fsp3) is 0.583. The Balaban J connectivity index is 3.30. The van der Waals surface area contributed by atoms with E-state index in [1.807, 2.05) is 25.3 Å². The van der Waals surface area contributed by atoms with Crippen molar-refractivity contribution in [1.29, 1.82) is 0 Å². The van der Waals surface area contributed by atoms with E-state index in [4.69, 9.17) is 4.74 Å². The number of esters is 1. The first-order chi connectivity index (χ1) is 15.9. The molecule has 0 fully saturated rings. The number of alkyl carbamates (subject to hydrolysis) is 1. The summed E-state index contributed by atoms with van der Waals surface area (Å²) in [5.74, 6) is -0.919. The normalized spacial score (nSPS) is 12.8. The average molecular weight is 496 g/mol. The van der Waals surface area contributed by atoms with Crippen molar-refractivity contribution in [1.82, 2.24) is 15.5 Å². The molecule has 0 spiro atoms. The van der Waals surface area contributed by atoms with Gasteiger partial charge >= 0.3 is 12.1 Å². The van der Waals surface area contributed by atoms with Gasteiger partial charge in [-0.25, -0.2) is 4.79 Å². The molecule has 0 aliphatic rings. The van der Waals surface area contributed by atoms with Crippen LogP contribution in [0, 0.1) is 6.92 Å². The monoisotopic (exact) mass is 495 g/mol. The number of hydrogen-bond donors (Lipinski definition) is 2. The van der Waals surface area contributed by atoms with Crippen LogP contribution in [-0.4, -0.2) is 72.6 Å². The molecule has 2 unspecified atom stereocenters. The highest BCUT2D eigenvalue weighted by molar-refractivity contribution is 7.98. The Bertz CT molecular complexity index is 855. The van der Waals surface area contributed by atoms with Crippen LogP contribution >= 0.6 is 11.8 Å². The Labute approximate surface area is 206 Å². The minimum absolute atomic E-state index is 0.203. The van der Waals surface area contributed by atoms with E-state index >= 15 is 0 Å². The molecule has 2 atom stereocenters. The Morgan fingerprint density at radius 3 is 2.38 bits per heavy atom. The van der Waals surface area contributed by atoms with Crippen molar-refractivity contribution in [3.8, 4) is 0 Å². The van der Waals surface area contributed by atoms with Crippen LogP contribution in [0.1, 0.15) is 51.3 Å². The van der Waals surface area contributed by atoms with E-state index in [0.717, 1.165) is 5.56 Å². The predicted octanol–water partition coefficient (Wildman–Crippen LogP) is 2.82. The van der Waals surface area contributed by atoms with E-state index in [1.165, 1.54) is 12.0 Å². The lowest BCUT2D eigenvalue weighted by Gasteiger charge is -2.33. The van der Waals surface area contributed by atoms with Gasteiger partial charge in [-0.1, -0.05) is 29.8 Å². The first-order valence-corrected chi connectivity index (χ1v) is 12.5. The molecule has 9 nitrogen and oxygen atoms in total. The summed E-state index contributed by atoms with van der Waals surface area (Å²) in [5.41, 5.74) is 0.788. The smallest absolute Gasteiger partial charge is 0.408 e. The van der Waals surface area contributed by atoms with Crippen molar-refractivity contribution >= 4 is 35.6 Å². The summed E-state index contributed by atoms with van der Waals surface area (Å²) in [6, 6.07) is 5.37. The SMILES string of the molecule is CCN(C(=O)C(CCSC)NC(=O)OC(C)(C)C)C(C(=O)NCC(=O)OC)c1cccc(C)c1. The Morgan fingerprint density at radius 2 is 1.85 bits per heavy atom. The minimum Gasteiger partial charge on any atom is -0.468 e. The number of carbonyl (C=O) groups is 4. The second kappa shape index (κ2) is 13.8. The fourth-order valence-electron chi connectivity index (χ4n) is 3.25. The van der Waals surface area contributed by atoms with Gasteiger partial charge in [0, 0.05) is 6.54 Å². The van der Waals surface area contributed by atoms with E-state index in [9.17, 15) is 19.2 Å². The van der Waals surface area contributed by atoms with Crippen LogP contribution in [0.2, 0.25) is 0 Å². The lowest BCUT2D eigenvalue weighted by atomic mass is 10.0. The van der Waals surface area contributed by atoms with E-state index in [2.05, 4.69) is 15.4 Å². The topological polar surface area (TPSA) is 114 Å². The maximum atomic E-state index is 13.7. The number of carbonyl (C=O) groups excluding carboxylic acids is 4. The van der Waals surface area contributed by atoms with Crippen LogP contribution in [-0.2, 0) is 23.9 Å². The molecule has 3 amide bonds. The molecule has 2 N–H and O–H groups in total. The molecule has 0 bridgehead atoms. The first kappa shape index (κ1) is 29.3. The van der Waals surface area contributed by atoms with Gasteiger partial charge < -0.3 is 25.0 Å². The van der Waals surface area contributed by atoms with Crippen molar-refractivity contribution in [3.05, 3.63) is 35.4 Å². The quantitative estimate of drug-likeness (QED) is 0.454. The summed E-state index contributed by atoms with van der Waals surface area (Å²) >= 11 is 1.54. The molecule has 190 valence electrons. The zero-order chi connectivity index (χ0) is 25.9. The van der Waals surface area contributed by atoms with Crippen LogP contribution < -0.4 is 10.6 Å². The molecule has 0 heterocycles. The summed E-state index contributed by atoms with van der Waals surface area (Å²) in [4.78, 5) is 52.3. The molecular weight excluding hydrogens is 458 g/mol. The van der Waals surface area contributed by atoms with Crippen molar-refractivity contribution in [2.24, 2.45) is 0 Å². The maximum Gasteiger partial charge on any atom is 0.408 e. The molecule has 34 heavy (non-hydrogen) atoms. The number of amides is 3. The molecule has 1 aromatic rings. The number of ether oxygens (including phenoxy) is 2. The third-order valence-electron chi connectivity index (χ3n) is 4.78. The standard InChI is InChI=1S/C24H37N3O6S/c1-8-27(22(30)18(12-13-34-7)26-23(31)33-24(3,4)5)20(17-11-9-10-16(2)14-17)21(29)25-15-19(28)32-6/h9-11,14,18,20H,8,12-13,15H2,1-7H3,(H,25,29)(H,26,31). The molecule has 1 aromatic carbocycles. The van der Waals surface area contributed by atoms with Gasteiger partial charge in [-0.3, -0.25) is 14.4 Å². The number of likely N-dealkylation sites (N-methyl/N-ethyl adjacent to an activating group) is 1. The highest BCUT2D eigenvalue weighted by atomic mass is 32.2. The van der Waals surface area contributed by atoms with Crippen molar-refractivity contribution in [2.45, 2.75) is 58.7 Å². The van der Waals surface area contributed by atoms with Gasteiger partial charge in [0.25, 0.3) is 0 Å². The number of benzene rings is 1. The lowest BCUT2D eigenvalue weighted by Crippen LogP contribution is -2.53. The third kappa shape index (κ3) is 9.62. The molecule has 0 radical (unpaired) electrons. The van der Waals surface area contributed by atoms with Gasteiger partial charge in [0.1, 0.15) is 24.2 Å². The molecule has 0 aromatic heterocycles. The van der Waals surface area contributed by atoms with Crippen LogP contribution in [0.5, 0.6) is 0 Å². The highest BCUT2D eigenvalue weighted by Crippen LogP contribution is 2.24. The van der Waals surface area contributed by atoms with Gasteiger partial charge in [0.15, 0.2) is 0 Å². The number of hydrogen-bond acceptors (Lipinski definition) is 7. The number of nitrogens with one attached hydrogen (secondary N) is 2. The number of methoxy groups -OCH3 is 1. The summed E-state index contributed by atoms with van der Waals surface area (Å²) < 4.78 is 9.95. The second-order valence-corrected chi connectivity index (χ2v) is 9.70. The predicted molar refractivity (Wildman–Crippen MR) is 132 cm³/mol. The van der Waals surface area contributed by atoms with Crippen molar-refractivity contribution in [3.63, 3.8) is 0 Å². The maximum absolute atomic E-state index is 13.7. The average Bonchev–Trinajstić information content (AvgIpc) is 2.76. The van der Waals surface area contributed by atoms with Gasteiger partial charge in [-0.05, 0) is 58.6 Å². The molecule has 0 saturated heterocycles.